The van der Waals surface area contributed by atoms with Crippen molar-refractivity contribution < 1.29 is 9.90 Å². The van der Waals surface area contributed by atoms with Crippen LogP contribution in [0.25, 0.3) is 0 Å². The quantitative estimate of drug-likeness (QED) is 0.632. The lowest BCUT2D eigenvalue weighted by molar-refractivity contribution is -0.127. The predicted octanol–water partition coefficient (Wildman–Crippen LogP) is 2.44. The molecule has 4 nitrogen and oxygen atoms in total. The monoisotopic (exact) mass is 298 g/mol. The summed E-state index contributed by atoms with van der Waals surface area (Å²) in [5.74, 6) is 0.704. The van der Waals surface area contributed by atoms with E-state index in [1.54, 1.807) is 7.05 Å². The number of rotatable bonds is 7. The van der Waals surface area contributed by atoms with Crippen LogP contribution in [0.4, 0.5) is 0 Å². The first kappa shape index (κ1) is 18.4. The zero-order valence-electron chi connectivity index (χ0n) is 14.0. The van der Waals surface area contributed by atoms with Crippen molar-refractivity contribution in [1.82, 2.24) is 5.32 Å². The Balaban J connectivity index is 2.47. The van der Waals surface area contributed by atoms with E-state index >= 15 is 0 Å². The summed E-state index contributed by atoms with van der Waals surface area (Å²) in [6, 6.07) is -0.209. The Morgan fingerprint density at radius 3 is 2.29 bits per heavy atom. The van der Waals surface area contributed by atoms with Crippen LogP contribution >= 0.6 is 0 Å². The van der Waals surface area contributed by atoms with E-state index in [4.69, 9.17) is 5.73 Å². The Morgan fingerprint density at radius 1 is 1.24 bits per heavy atom. The molecule has 1 fully saturated rings. The van der Waals surface area contributed by atoms with Crippen molar-refractivity contribution in [2.24, 2.45) is 23.5 Å². The summed E-state index contributed by atoms with van der Waals surface area (Å²) in [5.41, 5.74) is 6.21. The van der Waals surface area contributed by atoms with Crippen LogP contribution in [0.1, 0.15) is 65.2 Å². The van der Waals surface area contributed by atoms with Gasteiger partial charge in [-0.1, -0.05) is 52.4 Å². The fraction of sp³-hybridized carbons (Fsp3) is 0.941. The van der Waals surface area contributed by atoms with Crippen LogP contribution in [0.5, 0.6) is 0 Å². The molecular formula is C17H34N2O2. The Hall–Kier alpha value is -0.610. The molecule has 21 heavy (non-hydrogen) atoms. The lowest BCUT2D eigenvalue weighted by atomic mass is 9.84. The average Bonchev–Trinajstić information content (AvgIpc) is 2.71. The molecule has 0 aliphatic heterocycles. The maximum atomic E-state index is 11.9. The number of carbonyl (C=O) groups excluding carboxylic acids is 1. The molecule has 1 amide bonds. The summed E-state index contributed by atoms with van der Waals surface area (Å²) in [4.78, 5) is 11.9. The third kappa shape index (κ3) is 6.35. The Labute approximate surface area is 129 Å². The zero-order chi connectivity index (χ0) is 15.8. The summed E-state index contributed by atoms with van der Waals surface area (Å²) in [6.45, 7) is 4.03. The van der Waals surface area contributed by atoms with Crippen LogP contribution in [0.3, 0.4) is 0 Å². The predicted molar refractivity (Wildman–Crippen MR) is 86.8 cm³/mol. The molecule has 4 N–H and O–H groups in total. The third-order valence-electron chi connectivity index (χ3n) is 4.96. The van der Waals surface area contributed by atoms with Crippen molar-refractivity contribution in [3.05, 3.63) is 0 Å². The molecule has 0 radical (unpaired) electrons. The first-order valence-electron chi connectivity index (χ1n) is 8.61. The van der Waals surface area contributed by atoms with Gasteiger partial charge in [-0.25, -0.2) is 0 Å². The third-order valence-corrected chi connectivity index (χ3v) is 4.96. The Morgan fingerprint density at radius 2 is 1.81 bits per heavy atom. The summed E-state index contributed by atoms with van der Waals surface area (Å²) in [5, 5.41) is 13.1. The van der Waals surface area contributed by atoms with Gasteiger partial charge in [-0.2, -0.15) is 0 Å². The molecule has 124 valence electrons. The van der Waals surface area contributed by atoms with Crippen LogP contribution in [-0.4, -0.2) is 30.2 Å². The molecule has 1 aliphatic rings. The molecule has 0 aromatic heterocycles. The number of amides is 1. The highest BCUT2D eigenvalue weighted by atomic mass is 16.3. The van der Waals surface area contributed by atoms with E-state index in [2.05, 4.69) is 5.32 Å². The maximum absolute atomic E-state index is 11.9. The van der Waals surface area contributed by atoms with Crippen molar-refractivity contribution in [1.29, 1.82) is 0 Å². The number of hydrogen-bond acceptors (Lipinski definition) is 3. The SMILES string of the molecule is CNC(=O)[C@@H](C[C@H](O)[C@@H](N)CC1CCCCCC1)C(C)C. The number of aliphatic hydroxyl groups excluding tert-OH is 1. The molecule has 0 heterocycles. The van der Waals surface area contributed by atoms with Gasteiger partial charge in [-0.05, 0) is 24.7 Å². The fourth-order valence-corrected chi connectivity index (χ4v) is 3.44. The highest BCUT2D eigenvalue weighted by molar-refractivity contribution is 5.78. The van der Waals surface area contributed by atoms with E-state index in [-0.39, 0.29) is 23.8 Å². The Bertz CT molecular complexity index is 299. The molecule has 1 rings (SSSR count). The molecule has 0 bridgehead atoms. The van der Waals surface area contributed by atoms with Crippen LogP contribution in [0.2, 0.25) is 0 Å². The second kappa shape index (κ2) is 9.42. The normalized spacial score (nSPS) is 21.6. The molecule has 0 aromatic carbocycles. The molecule has 0 unspecified atom stereocenters. The molecule has 1 saturated carbocycles. The van der Waals surface area contributed by atoms with Gasteiger partial charge in [0.2, 0.25) is 5.91 Å². The number of nitrogens with two attached hydrogens (primary N) is 1. The van der Waals surface area contributed by atoms with Crippen LogP contribution in [0, 0.1) is 17.8 Å². The van der Waals surface area contributed by atoms with Gasteiger partial charge < -0.3 is 16.2 Å². The van der Waals surface area contributed by atoms with Gasteiger partial charge in [0.25, 0.3) is 0 Å². The summed E-state index contributed by atoms with van der Waals surface area (Å²) in [6.07, 6.45) is 8.50. The van der Waals surface area contributed by atoms with Crippen LogP contribution in [-0.2, 0) is 4.79 Å². The summed E-state index contributed by atoms with van der Waals surface area (Å²) in [7, 11) is 1.65. The standard InChI is InChI=1S/C17H34N2O2/c1-12(2)14(17(21)19-3)11-16(20)15(18)10-13-8-6-4-5-7-9-13/h12-16,20H,4-11,18H2,1-3H3,(H,19,21)/t14-,15-,16-/m0/s1. The fourth-order valence-electron chi connectivity index (χ4n) is 3.44. The summed E-state index contributed by atoms with van der Waals surface area (Å²) >= 11 is 0. The minimum absolute atomic E-state index is 0.00529. The lowest BCUT2D eigenvalue weighted by Gasteiger charge is -2.27. The van der Waals surface area contributed by atoms with Gasteiger partial charge in [-0.15, -0.1) is 0 Å². The van der Waals surface area contributed by atoms with E-state index < -0.39 is 6.10 Å². The Kier molecular flexibility index (Phi) is 8.27. The first-order chi connectivity index (χ1) is 9.95. The van der Waals surface area contributed by atoms with Gasteiger partial charge in [0.15, 0.2) is 0 Å². The highest BCUT2D eigenvalue weighted by Gasteiger charge is 2.28. The van der Waals surface area contributed by atoms with Gasteiger partial charge >= 0.3 is 0 Å². The number of hydrogen-bond donors (Lipinski definition) is 3. The van der Waals surface area contributed by atoms with Crippen molar-refractivity contribution in [3.63, 3.8) is 0 Å². The number of aliphatic hydroxyl groups is 1. The van der Waals surface area contributed by atoms with Crippen molar-refractivity contribution in [3.8, 4) is 0 Å². The summed E-state index contributed by atoms with van der Waals surface area (Å²) < 4.78 is 0. The van der Waals surface area contributed by atoms with Gasteiger partial charge in [0.05, 0.1) is 6.10 Å². The first-order valence-corrected chi connectivity index (χ1v) is 8.61. The molecule has 3 atom stereocenters. The van der Waals surface area contributed by atoms with Crippen molar-refractivity contribution in [2.75, 3.05) is 7.05 Å². The maximum Gasteiger partial charge on any atom is 0.223 e. The molecule has 1 aliphatic carbocycles. The van der Waals surface area contributed by atoms with Crippen LogP contribution < -0.4 is 11.1 Å². The molecule has 0 spiro atoms. The number of nitrogens with one attached hydrogen (secondary N) is 1. The van der Waals surface area contributed by atoms with E-state index in [0.717, 1.165) is 6.42 Å². The second-order valence-corrected chi connectivity index (χ2v) is 7.02. The average molecular weight is 298 g/mol. The lowest BCUT2D eigenvalue weighted by Crippen LogP contribution is -2.41. The molecule has 0 aromatic rings. The largest absolute Gasteiger partial charge is 0.391 e. The topological polar surface area (TPSA) is 75.3 Å². The van der Waals surface area contributed by atoms with Gasteiger partial charge in [0, 0.05) is 19.0 Å². The van der Waals surface area contributed by atoms with E-state index in [9.17, 15) is 9.90 Å². The minimum Gasteiger partial charge on any atom is -0.391 e. The van der Waals surface area contributed by atoms with E-state index in [1.807, 2.05) is 13.8 Å². The minimum atomic E-state index is -0.585. The van der Waals surface area contributed by atoms with Crippen molar-refractivity contribution >= 4 is 5.91 Å². The van der Waals surface area contributed by atoms with E-state index in [1.165, 1.54) is 38.5 Å². The van der Waals surface area contributed by atoms with E-state index in [0.29, 0.717) is 12.3 Å². The molecule has 4 heteroatoms. The van der Waals surface area contributed by atoms with Crippen LogP contribution in [0.15, 0.2) is 0 Å². The highest BCUT2D eigenvalue weighted by Crippen LogP contribution is 2.28. The van der Waals surface area contributed by atoms with Crippen molar-refractivity contribution in [2.45, 2.75) is 77.4 Å². The van der Waals surface area contributed by atoms with Gasteiger partial charge in [-0.3, -0.25) is 4.79 Å². The zero-order valence-corrected chi connectivity index (χ0v) is 14.0. The second-order valence-electron chi connectivity index (χ2n) is 7.02. The smallest absolute Gasteiger partial charge is 0.223 e. The molecule has 0 saturated heterocycles. The van der Waals surface area contributed by atoms with Gasteiger partial charge in [0.1, 0.15) is 0 Å². The number of carbonyl (C=O) groups is 1. The molecular weight excluding hydrogens is 264 g/mol.